The van der Waals surface area contributed by atoms with Gasteiger partial charge in [0, 0.05) is 22.0 Å². The standard InChI is InChI=1S/C22H26ClF2NO4S/c1-14(13-30-20(27)26-21(2,3)4)22(5,18-12-16(24)8-11-19(18)25)31(28,29)17-9-6-15(23)7-10-17/h6-12,14H,13H2,1-5H3,(H,26,27). The number of alkyl carbamates (subject to hydrolysis) is 1. The van der Waals surface area contributed by atoms with Crippen molar-refractivity contribution in [1.82, 2.24) is 5.32 Å². The lowest BCUT2D eigenvalue weighted by atomic mass is 9.87. The van der Waals surface area contributed by atoms with E-state index in [-0.39, 0.29) is 17.1 Å². The van der Waals surface area contributed by atoms with Crippen molar-refractivity contribution >= 4 is 27.5 Å². The van der Waals surface area contributed by atoms with Crippen molar-refractivity contribution in [2.45, 2.75) is 49.8 Å². The van der Waals surface area contributed by atoms with Crippen molar-refractivity contribution in [2.75, 3.05) is 6.61 Å². The van der Waals surface area contributed by atoms with Gasteiger partial charge >= 0.3 is 6.09 Å². The first kappa shape index (κ1) is 25.1. The SMILES string of the molecule is CC(COC(=O)NC(C)(C)C)C(C)(c1cc(F)ccc1F)S(=O)(=O)c1ccc(Cl)cc1. The van der Waals surface area contributed by atoms with Crippen molar-refractivity contribution in [1.29, 1.82) is 0 Å². The average Bonchev–Trinajstić information content (AvgIpc) is 2.66. The fourth-order valence-electron chi connectivity index (χ4n) is 3.11. The zero-order chi connectivity index (χ0) is 23.6. The van der Waals surface area contributed by atoms with Crippen LogP contribution in [0.3, 0.4) is 0 Å². The summed E-state index contributed by atoms with van der Waals surface area (Å²) in [6.45, 7) is 7.73. The molecule has 0 aliphatic rings. The lowest BCUT2D eigenvalue weighted by Gasteiger charge is -2.36. The molecule has 0 aromatic heterocycles. The fraction of sp³-hybridized carbons (Fsp3) is 0.409. The lowest BCUT2D eigenvalue weighted by Crippen LogP contribution is -2.45. The summed E-state index contributed by atoms with van der Waals surface area (Å²) in [6, 6.07) is 8.03. The molecule has 2 unspecified atom stereocenters. The van der Waals surface area contributed by atoms with Gasteiger partial charge in [-0.1, -0.05) is 18.5 Å². The number of amides is 1. The molecule has 0 heterocycles. The number of carbonyl (C=O) groups is 1. The number of hydrogen-bond donors (Lipinski definition) is 1. The Labute approximate surface area is 186 Å². The van der Waals surface area contributed by atoms with Crippen LogP contribution < -0.4 is 5.32 Å². The molecule has 31 heavy (non-hydrogen) atoms. The minimum atomic E-state index is -4.27. The van der Waals surface area contributed by atoms with Crippen LogP contribution in [0.5, 0.6) is 0 Å². The van der Waals surface area contributed by atoms with Gasteiger partial charge in [0.2, 0.25) is 0 Å². The Hall–Kier alpha value is -2.19. The van der Waals surface area contributed by atoms with Crippen molar-refractivity contribution in [3.05, 3.63) is 64.7 Å². The van der Waals surface area contributed by atoms with E-state index >= 15 is 0 Å². The monoisotopic (exact) mass is 473 g/mol. The third-order valence-corrected chi connectivity index (χ3v) is 7.91. The number of halogens is 3. The fourth-order valence-corrected chi connectivity index (χ4v) is 5.27. The molecule has 2 rings (SSSR count). The maximum Gasteiger partial charge on any atom is 0.407 e. The quantitative estimate of drug-likeness (QED) is 0.604. The summed E-state index contributed by atoms with van der Waals surface area (Å²) < 4.78 is 59.4. The minimum Gasteiger partial charge on any atom is -0.449 e. The predicted molar refractivity (Wildman–Crippen MR) is 116 cm³/mol. The zero-order valence-corrected chi connectivity index (χ0v) is 19.6. The second-order valence-electron chi connectivity index (χ2n) is 8.56. The van der Waals surface area contributed by atoms with Crippen LogP contribution in [0.1, 0.15) is 40.2 Å². The van der Waals surface area contributed by atoms with Gasteiger partial charge in [-0.25, -0.2) is 22.0 Å². The third-order valence-electron chi connectivity index (χ3n) is 5.03. The largest absolute Gasteiger partial charge is 0.449 e. The highest BCUT2D eigenvalue weighted by molar-refractivity contribution is 7.92. The van der Waals surface area contributed by atoms with E-state index in [9.17, 15) is 22.0 Å². The molecule has 0 saturated heterocycles. The molecule has 9 heteroatoms. The molecule has 0 aliphatic carbocycles. The smallest absolute Gasteiger partial charge is 0.407 e. The van der Waals surface area contributed by atoms with Crippen molar-refractivity contribution in [2.24, 2.45) is 5.92 Å². The van der Waals surface area contributed by atoms with Gasteiger partial charge in [-0.2, -0.15) is 0 Å². The maximum absolute atomic E-state index is 14.8. The molecular weight excluding hydrogens is 448 g/mol. The van der Waals surface area contributed by atoms with E-state index in [1.54, 1.807) is 20.8 Å². The lowest BCUT2D eigenvalue weighted by molar-refractivity contribution is 0.113. The highest BCUT2D eigenvalue weighted by Crippen LogP contribution is 2.43. The van der Waals surface area contributed by atoms with Crippen molar-refractivity contribution in [3.63, 3.8) is 0 Å². The number of ether oxygens (including phenoxy) is 1. The zero-order valence-electron chi connectivity index (χ0n) is 18.0. The average molecular weight is 474 g/mol. The first-order valence-electron chi connectivity index (χ1n) is 9.59. The topological polar surface area (TPSA) is 72.5 Å². The molecule has 1 N–H and O–H groups in total. The maximum atomic E-state index is 14.8. The van der Waals surface area contributed by atoms with Crippen LogP contribution >= 0.6 is 11.6 Å². The van der Waals surface area contributed by atoms with Crippen LogP contribution in [-0.2, 0) is 19.3 Å². The molecule has 0 saturated carbocycles. The van der Waals surface area contributed by atoms with Crippen LogP contribution in [0.2, 0.25) is 5.02 Å². The molecule has 5 nitrogen and oxygen atoms in total. The summed E-state index contributed by atoms with van der Waals surface area (Å²) in [7, 11) is -4.27. The Morgan fingerprint density at radius 2 is 1.68 bits per heavy atom. The first-order valence-corrected chi connectivity index (χ1v) is 11.5. The van der Waals surface area contributed by atoms with E-state index in [0.717, 1.165) is 18.2 Å². The highest BCUT2D eigenvalue weighted by atomic mass is 35.5. The second kappa shape index (κ2) is 9.12. The van der Waals surface area contributed by atoms with E-state index in [2.05, 4.69) is 5.32 Å². The minimum absolute atomic E-state index is 0.117. The van der Waals surface area contributed by atoms with Gasteiger partial charge in [0.15, 0.2) is 9.84 Å². The molecule has 2 atom stereocenters. The Kier molecular flexibility index (Phi) is 7.38. The van der Waals surface area contributed by atoms with Gasteiger partial charge in [0.05, 0.1) is 11.5 Å². The van der Waals surface area contributed by atoms with Gasteiger partial charge in [0.1, 0.15) is 16.4 Å². The summed E-state index contributed by atoms with van der Waals surface area (Å²) in [4.78, 5) is 12.0. The van der Waals surface area contributed by atoms with E-state index in [4.69, 9.17) is 16.3 Å². The Balaban J connectivity index is 2.54. The first-order chi connectivity index (χ1) is 14.2. The summed E-state index contributed by atoms with van der Waals surface area (Å²) in [5.41, 5.74) is -0.914. The Morgan fingerprint density at radius 1 is 1.10 bits per heavy atom. The summed E-state index contributed by atoms with van der Waals surface area (Å²) >= 11 is 5.87. The van der Waals surface area contributed by atoms with E-state index in [0.29, 0.717) is 5.02 Å². The number of sulfone groups is 1. The molecular formula is C22H26ClF2NO4S. The number of hydrogen-bond acceptors (Lipinski definition) is 4. The van der Waals surface area contributed by atoms with Gasteiger partial charge < -0.3 is 10.1 Å². The highest BCUT2D eigenvalue weighted by Gasteiger charge is 2.48. The number of carbonyl (C=O) groups excluding carboxylic acids is 1. The number of nitrogens with one attached hydrogen (secondary N) is 1. The molecule has 1 amide bonds. The van der Waals surface area contributed by atoms with Crippen LogP contribution in [0.4, 0.5) is 13.6 Å². The van der Waals surface area contributed by atoms with Gasteiger partial charge in [-0.3, -0.25) is 0 Å². The van der Waals surface area contributed by atoms with E-state index in [1.165, 1.54) is 38.1 Å². The summed E-state index contributed by atoms with van der Waals surface area (Å²) in [6.07, 6.45) is -0.745. The summed E-state index contributed by atoms with van der Waals surface area (Å²) in [5.74, 6) is -2.60. The Bertz CT molecular complexity index is 1050. The van der Waals surface area contributed by atoms with E-state index in [1.807, 2.05) is 0 Å². The molecule has 0 fully saturated rings. The van der Waals surface area contributed by atoms with Crippen LogP contribution in [-0.4, -0.2) is 26.7 Å². The molecule has 0 radical (unpaired) electrons. The van der Waals surface area contributed by atoms with Crippen LogP contribution in [0.15, 0.2) is 47.4 Å². The normalized spacial score (nSPS) is 15.1. The molecule has 0 spiro atoms. The summed E-state index contributed by atoms with van der Waals surface area (Å²) in [5, 5.41) is 2.93. The van der Waals surface area contributed by atoms with Gasteiger partial charge in [0.25, 0.3) is 0 Å². The molecule has 0 bridgehead atoms. The number of benzene rings is 2. The molecule has 2 aromatic carbocycles. The van der Waals surface area contributed by atoms with Gasteiger partial charge in [-0.15, -0.1) is 0 Å². The number of rotatable bonds is 6. The second-order valence-corrected chi connectivity index (χ2v) is 11.3. The third kappa shape index (κ3) is 5.54. The van der Waals surface area contributed by atoms with Crippen LogP contribution in [0.25, 0.3) is 0 Å². The van der Waals surface area contributed by atoms with Gasteiger partial charge in [-0.05, 0) is 70.2 Å². The molecule has 170 valence electrons. The van der Waals surface area contributed by atoms with Crippen molar-refractivity contribution < 1.29 is 26.7 Å². The molecule has 0 aliphatic heterocycles. The molecule has 2 aromatic rings. The van der Waals surface area contributed by atoms with E-state index < -0.39 is 43.8 Å². The predicted octanol–water partition coefficient (Wildman–Crippen LogP) is 5.47. The van der Waals surface area contributed by atoms with Crippen molar-refractivity contribution in [3.8, 4) is 0 Å². The van der Waals surface area contributed by atoms with Crippen LogP contribution in [0, 0.1) is 17.6 Å². The Morgan fingerprint density at radius 3 is 2.23 bits per heavy atom.